The number of piperazine rings is 1. The standard InChI is InChI=1S/C30H38F7N5O7/c1-12-17(25(47)27(49)21(31)22(12)44)16-11-15(41-9-7-40(8-10-41)14(3)43)5-6-42(16)28(38)39(4)13(2)18-23(45)19(29(32,33)34)26(48)20(24(18)46)30(35,36)37/h13,15-16,28,44-49H,5-11,38H2,1-4H3. The number of nitrogens with zero attached hydrogens (tertiary/aromatic N) is 4. The number of halogens is 7. The SMILES string of the molecule is CC(=O)N1CCN(C2CCN(C(N)N(C)C(C)c3c(O)c(C(F)(F)F)c(O)c(C(F)(F)F)c3O)C(c3c(C)c(O)c(F)c(O)c3O)C2)CC1. The van der Waals surface area contributed by atoms with Crippen molar-refractivity contribution in [2.24, 2.45) is 5.73 Å². The van der Waals surface area contributed by atoms with E-state index in [1.807, 2.05) is 0 Å². The van der Waals surface area contributed by atoms with Crippen molar-refractivity contribution in [3.05, 3.63) is 33.6 Å². The predicted molar refractivity (Wildman–Crippen MR) is 158 cm³/mol. The lowest BCUT2D eigenvalue weighted by Crippen LogP contribution is -2.60. The Morgan fingerprint density at radius 1 is 0.837 bits per heavy atom. The average molecular weight is 714 g/mol. The number of alkyl halides is 6. The van der Waals surface area contributed by atoms with Crippen molar-refractivity contribution in [3.63, 3.8) is 0 Å². The van der Waals surface area contributed by atoms with Gasteiger partial charge in [-0.1, -0.05) is 0 Å². The molecular weight excluding hydrogens is 675 g/mol. The van der Waals surface area contributed by atoms with E-state index in [0.29, 0.717) is 32.6 Å². The van der Waals surface area contributed by atoms with Crippen molar-refractivity contribution in [2.45, 2.75) is 70.4 Å². The van der Waals surface area contributed by atoms with Crippen molar-refractivity contribution >= 4 is 5.91 Å². The van der Waals surface area contributed by atoms with Gasteiger partial charge in [0.05, 0.1) is 5.56 Å². The number of hydrogen-bond acceptors (Lipinski definition) is 11. The number of nitrogens with two attached hydrogens (primary N) is 1. The highest BCUT2D eigenvalue weighted by Gasteiger charge is 2.49. The molecule has 2 fully saturated rings. The maximum Gasteiger partial charge on any atom is 0.423 e. The van der Waals surface area contributed by atoms with Crippen LogP contribution in [0.3, 0.4) is 0 Å². The van der Waals surface area contributed by atoms with E-state index < -0.39 is 87.7 Å². The molecule has 0 aromatic heterocycles. The Labute approximate surface area is 276 Å². The van der Waals surface area contributed by atoms with Gasteiger partial charge in [0, 0.05) is 68.9 Å². The number of phenols is 6. The van der Waals surface area contributed by atoms with Gasteiger partial charge in [0.1, 0.15) is 34.7 Å². The summed E-state index contributed by atoms with van der Waals surface area (Å²) in [5.74, 6) is -10.9. The molecule has 4 atom stereocenters. The highest BCUT2D eigenvalue weighted by molar-refractivity contribution is 5.73. The summed E-state index contributed by atoms with van der Waals surface area (Å²) in [5.41, 5.74) is 0.191. The van der Waals surface area contributed by atoms with Gasteiger partial charge in [-0.05, 0) is 33.7 Å². The molecule has 2 aromatic carbocycles. The fourth-order valence-corrected chi connectivity index (χ4v) is 6.85. The molecule has 0 saturated carbocycles. The Balaban J connectivity index is 1.78. The Morgan fingerprint density at radius 2 is 1.35 bits per heavy atom. The van der Waals surface area contributed by atoms with E-state index in [1.54, 1.807) is 4.90 Å². The second-order valence-electron chi connectivity index (χ2n) is 12.3. The number of piperidine rings is 1. The zero-order valence-corrected chi connectivity index (χ0v) is 26.9. The first-order valence-electron chi connectivity index (χ1n) is 15.1. The van der Waals surface area contributed by atoms with Crippen molar-refractivity contribution in [2.75, 3.05) is 39.8 Å². The minimum Gasteiger partial charge on any atom is -0.507 e. The summed E-state index contributed by atoms with van der Waals surface area (Å²) in [6.07, 6.45) is -12.3. The molecule has 8 N–H and O–H groups in total. The van der Waals surface area contributed by atoms with Crippen LogP contribution < -0.4 is 5.73 Å². The molecule has 0 spiro atoms. The van der Waals surface area contributed by atoms with Gasteiger partial charge in [0.25, 0.3) is 0 Å². The van der Waals surface area contributed by atoms with Crippen molar-refractivity contribution < 1.29 is 66.2 Å². The zero-order chi connectivity index (χ0) is 37.1. The summed E-state index contributed by atoms with van der Waals surface area (Å²) >= 11 is 0. The lowest BCUT2D eigenvalue weighted by atomic mass is 9.87. The summed E-state index contributed by atoms with van der Waals surface area (Å²) in [4.78, 5) is 18.1. The molecule has 2 heterocycles. The normalized spacial score (nSPS) is 21.3. The molecule has 0 aliphatic carbocycles. The molecular formula is C30H38F7N5O7. The smallest absolute Gasteiger partial charge is 0.423 e. The van der Waals surface area contributed by atoms with Crippen LogP contribution in [0.2, 0.25) is 0 Å². The predicted octanol–water partition coefficient (Wildman–Crippen LogP) is 4.01. The van der Waals surface area contributed by atoms with E-state index in [1.165, 1.54) is 25.8 Å². The van der Waals surface area contributed by atoms with Crippen molar-refractivity contribution in [3.8, 4) is 34.5 Å². The number of phenolic OH excluding ortho intramolecular Hbond substituents is 6. The summed E-state index contributed by atoms with van der Waals surface area (Å²) in [6, 6.07) is -3.00. The second kappa shape index (κ2) is 13.4. The first kappa shape index (κ1) is 37.9. The van der Waals surface area contributed by atoms with Crippen LogP contribution in [0.4, 0.5) is 30.7 Å². The highest BCUT2D eigenvalue weighted by atomic mass is 19.4. The van der Waals surface area contributed by atoms with E-state index in [9.17, 15) is 66.2 Å². The van der Waals surface area contributed by atoms with Gasteiger partial charge in [-0.2, -0.15) is 30.7 Å². The minimum atomic E-state index is -5.68. The van der Waals surface area contributed by atoms with Crippen LogP contribution in [0.15, 0.2) is 0 Å². The molecule has 19 heteroatoms. The van der Waals surface area contributed by atoms with Crippen LogP contribution in [-0.2, 0) is 17.1 Å². The molecule has 2 aliphatic rings. The van der Waals surface area contributed by atoms with E-state index in [-0.39, 0.29) is 36.0 Å². The van der Waals surface area contributed by atoms with Gasteiger partial charge in [-0.25, -0.2) is 0 Å². The van der Waals surface area contributed by atoms with Crippen LogP contribution in [0.25, 0.3) is 0 Å². The quantitative estimate of drug-likeness (QED) is 0.0997. The van der Waals surface area contributed by atoms with Crippen LogP contribution in [0.5, 0.6) is 34.5 Å². The van der Waals surface area contributed by atoms with Crippen LogP contribution >= 0.6 is 0 Å². The third-order valence-corrected chi connectivity index (χ3v) is 9.69. The third kappa shape index (κ3) is 6.80. The molecule has 4 rings (SSSR count). The topological polar surface area (TPSA) is 177 Å². The van der Waals surface area contributed by atoms with E-state index in [2.05, 4.69) is 4.90 Å². The molecule has 49 heavy (non-hydrogen) atoms. The Hall–Kier alpha value is -3.94. The fourth-order valence-electron chi connectivity index (χ4n) is 6.85. The molecule has 0 radical (unpaired) electrons. The number of rotatable bonds is 6. The molecule has 2 saturated heterocycles. The molecule has 4 unspecified atom stereocenters. The molecule has 2 aliphatic heterocycles. The Bertz CT molecular complexity index is 1530. The largest absolute Gasteiger partial charge is 0.507 e. The number of amides is 1. The van der Waals surface area contributed by atoms with Gasteiger partial charge >= 0.3 is 12.4 Å². The molecule has 0 bridgehead atoms. The first-order valence-corrected chi connectivity index (χ1v) is 15.1. The molecule has 12 nitrogen and oxygen atoms in total. The summed E-state index contributed by atoms with van der Waals surface area (Å²) in [6.45, 7) is 5.58. The van der Waals surface area contributed by atoms with Crippen molar-refractivity contribution in [1.29, 1.82) is 0 Å². The van der Waals surface area contributed by atoms with Gasteiger partial charge in [-0.3, -0.25) is 19.5 Å². The monoisotopic (exact) mass is 713 g/mol. The lowest BCUT2D eigenvalue weighted by molar-refractivity contribution is -0.147. The lowest BCUT2D eigenvalue weighted by Gasteiger charge is -2.50. The van der Waals surface area contributed by atoms with Crippen LogP contribution in [-0.4, -0.2) is 108 Å². The maximum atomic E-state index is 14.5. The average Bonchev–Trinajstić information content (AvgIpc) is 3.00. The molecule has 1 amide bonds. The minimum absolute atomic E-state index is 0.0490. The van der Waals surface area contributed by atoms with Gasteiger partial charge in [-0.15, -0.1) is 0 Å². The Morgan fingerprint density at radius 3 is 1.82 bits per heavy atom. The second-order valence-corrected chi connectivity index (χ2v) is 12.3. The van der Waals surface area contributed by atoms with E-state index >= 15 is 0 Å². The van der Waals surface area contributed by atoms with E-state index in [0.717, 1.165) is 11.8 Å². The first-order chi connectivity index (χ1) is 22.5. The number of benzene rings is 2. The zero-order valence-electron chi connectivity index (χ0n) is 26.9. The number of likely N-dealkylation sites (tertiary alicyclic amines) is 1. The number of carbonyl (C=O) groups is 1. The van der Waals surface area contributed by atoms with Crippen molar-refractivity contribution in [1.82, 2.24) is 19.6 Å². The summed E-state index contributed by atoms with van der Waals surface area (Å²) in [7, 11) is 1.18. The number of hydrogen-bond donors (Lipinski definition) is 7. The number of carbonyl (C=O) groups excluding carboxylic acids is 1. The fraction of sp³-hybridized carbons (Fsp3) is 0.567. The van der Waals surface area contributed by atoms with Gasteiger partial charge in [0.2, 0.25) is 11.7 Å². The molecule has 274 valence electrons. The number of aromatic hydroxyl groups is 6. The summed E-state index contributed by atoms with van der Waals surface area (Å²) < 4.78 is 97.5. The van der Waals surface area contributed by atoms with Gasteiger partial charge < -0.3 is 41.3 Å². The van der Waals surface area contributed by atoms with E-state index in [4.69, 9.17) is 5.73 Å². The Kier molecular flexibility index (Phi) is 10.4. The van der Waals surface area contributed by atoms with Crippen LogP contribution in [0.1, 0.15) is 66.6 Å². The maximum absolute atomic E-state index is 14.5. The van der Waals surface area contributed by atoms with Gasteiger partial charge in [0.15, 0.2) is 17.2 Å². The summed E-state index contributed by atoms with van der Waals surface area (Å²) in [5, 5.41) is 62.7. The highest BCUT2D eigenvalue weighted by Crippen LogP contribution is 2.56. The third-order valence-electron chi connectivity index (χ3n) is 9.69. The molecule has 2 aromatic rings. The van der Waals surface area contributed by atoms with Crippen LogP contribution in [0, 0.1) is 12.7 Å².